The van der Waals surface area contributed by atoms with Gasteiger partial charge in [0.05, 0.1) is 0 Å². The summed E-state index contributed by atoms with van der Waals surface area (Å²) in [4.78, 5) is 0. The Bertz CT molecular complexity index is 93.8. The van der Waals surface area contributed by atoms with E-state index in [1.54, 1.807) is 0 Å². The molecule has 3 heteroatoms. The summed E-state index contributed by atoms with van der Waals surface area (Å²) in [5, 5.41) is 9.14. The second-order valence-electron chi connectivity index (χ2n) is 3.31. The van der Waals surface area contributed by atoms with Gasteiger partial charge >= 0.3 is 0 Å². The molecule has 0 spiro atoms. The van der Waals surface area contributed by atoms with Crippen LogP contribution >= 0.6 is 0 Å². The van der Waals surface area contributed by atoms with Gasteiger partial charge in [0.2, 0.25) is 0 Å². The topological polar surface area (TPSA) is 72.3 Å². The minimum atomic E-state index is -0.822. The zero-order valence-electron chi connectivity index (χ0n) is 6.96. The van der Waals surface area contributed by atoms with Crippen LogP contribution in [0.25, 0.3) is 0 Å². The second kappa shape index (κ2) is 3.32. The maximum Gasteiger partial charge on any atom is 0.109 e. The molecule has 0 aromatic rings. The third-order valence-corrected chi connectivity index (χ3v) is 2.43. The summed E-state index contributed by atoms with van der Waals surface area (Å²) in [7, 11) is 0. The van der Waals surface area contributed by atoms with Gasteiger partial charge in [-0.05, 0) is 5.92 Å². The second-order valence-corrected chi connectivity index (χ2v) is 3.31. The van der Waals surface area contributed by atoms with Crippen molar-refractivity contribution in [3.8, 4) is 0 Å². The first-order chi connectivity index (χ1) is 4.45. The molecule has 0 aromatic heterocycles. The molecule has 5 N–H and O–H groups in total. The molecule has 0 aliphatic rings. The fraction of sp³-hybridized carbons (Fsp3) is 1.00. The molecule has 2 atom stereocenters. The summed E-state index contributed by atoms with van der Waals surface area (Å²) in [6.45, 7) is 6.32. The van der Waals surface area contributed by atoms with Crippen molar-refractivity contribution in [1.29, 1.82) is 0 Å². The molecule has 2 unspecified atom stereocenters. The molecule has 0 saturated heterocycles. The average molecular weight is 146 g/mol. The van der Waals surface area contributed by atoms with Crippen LogP contribution in [-0.2, 0) is 0 Å². The lowest BCUT2D eigenvalue weighted by Crippen LogP contribution is -2.48. The Morgan fingerprint density at radius 2 is 1.90 bits per heavy atom. The minimum absolute atomic E-state index is 0.303. The first-order valence-corrected chi connectivity index (χ1v) is 3.59. The molecule has 0 amide bonds. The van der Waals surface area contributed by atoms with Crippen molar-refractivity contribution in [1.82, 2.24) is 0 Å². The summed E-state index contributed by atoms with van der Waals surface area (Å²) >= 11 is 0. The van der Waals surface area contributed by atoms with Gasteiger partial charge in [-0.3, -0.25) is 0 Å². The van der Waals surface area contributed by atoms with Crippen LogP contribution in [0.3, 0.4) is 0 Å². The number of rotatable bonds is 3. The van der Waals surface area contributed by atoms with Crippen molar-refractivity contribution < 1.29 is 5.11 Å². The van der Waals surface area contributed by atoms with Gasteiger partial charge in [-0.15, -0.1) is 0 Å². The summed E-state index contributed by atoms with van der Waals surface area (Å²) in [5.74, 6) is 0.303. The van der Waals surface area contributed by atoms with Crippen LogP contribution in [0.4, 0.5) is 0 Å². The number of aliphatic hydroxyl groups is 1. The van der Waals surface area contributed by atoms with Crippen LogP contribution in [0, 0.1) is 11.3 Å². The Morgan fingerprint density at radius 3 is 1.90 bits per heavy atom. The molecule has 0 saturated carbocycles. The smallest absolute Gasteiger partial charge is 0.109 e. The summed E-state index contributed by atoms with van der Waals surface area (Å²) in [6, 6.07) is 0. The highest BCUT2D eigenvalue weighted by molar-refractivity contribution is 4.82. The zero-order chi connectivity index (χ0) is 8.36. The third kappa shape index (κ3) is 1.68. The van der Waals surface area contributed by atoms with Crippen LogP contribution in [0.15, 0.2) is 0 Å². The largest absolute Gasteiger partial charge is 0.378 e. The SMILES string of the molecule is CC(C)C(C)(CN)C(N)O. The van der Waals surface area contributed by atoms with E-state index in [-0.39, 0.29) is 5.41 Å². The van der Waals surface area contributed by atoms with Gasteiger partial charge in [-0.25, -0.2) is 0 Å². The molecule has 0 bridgehead atoms. The van der Waals surface area contributed by atoms with Crippen LogP contribution in [0.1, 0.15) is 20.8 Å². The van der Waals surface area contributed by atoms with E-state index in [0.29, 0.717) is 12.5 Å². The van der Waals surface area contributed by atoms with E-state index in [1.807, 2.05) is 20.8 Å². The van der Waals surface area contributed by atoms with E-state index in [2.05, 4.69) is 0 Å². The Kier molecular flexibility index (Phi) is 3.28. The molecule has 0 rings (SSSR count). The van der Waals surface area contributed by atoms with Gasteiger partial charge in [-0.1, -0.05) is 20.8 Å². The Balaban J connectivity index is 4.23. The summed E-state index contributed by atoms with van der Waals surface area (Å²) < 4.78 is 0. The highest BCUT2D eigenvalue weighted by atomic mass is 16.3. The molecule has 0 aliphatic carbocycles. The predicted octanol–water partition coefficient (Wildman–Crippen LogP) is -0.115. The van der Waals surface area contributed by atoms with Crippen molar-refractivity contribution in [3.05, 3.63) is 0 Å². The van der Waals surface area contributed by atoms with Crippen molar-refractivity contribution in [2.45, 2.75) is 27.0 Å². The maximum absolute atomic E-state index is 9.14. The zero-order valence-corrected chi connectivity index (χ0v) is 6.96. The van der Waals surface area contributed by atoms with E-state index < -0.39 is 6.23 Å². The molecular weight excluding hydrogens is 128 g/mol. The maximum atomic E-state index is 9.14. The Morgan fingerprint density at radius 1 is 1.50 bits per heavy atom. The molecular formula is C7H18N2O. The Labute approximate surface area is 62.4 Å². The van der Waals surface area contributed by atoms with Crippen molar-refractivity contribution in [3.63, 3.8) is 0 Å². The van der Waals surface area contributed by atoms with Gasteiger partial charge in [0.1, 0.15) is 6.23 Å². The molecule has 3 nitrogen and oxygen atoms in total. The number of nitrogens with two attached hydrogens (primary N) is 2. The van der Waals surface area contributed by atoms with Crippen molar-refractivity contribution >= 4 is 0 Å². The molecule has 0 radical (unpaired) electrons. The van der Waals surface area contributed by atoms with E-state index >= 15 is 0 Å². The minimum Gasteiger partial charge on any atom is -0.378 e. The van der Waals surface area contributed by atoms with Gasteiger partial charge in [0, 0.05) is 12.0 Å². The summed E-state index contributed by atoms with van der Waals surface area (Å²) in [5.41, 5.74) is 10.5. The fourth-order valence-electron chi connectivity index (χ4n) is 0.698. The molecule has 10 heavy (non-hydrogen) atoms. The van der Waals surface area contributed by atoms with Gasteiger partial charge in [-0.2, -0.15) is 0 Å². The number of hydrogen-bond acceptors (Lipinski definition) is 3. The first-order valence-electron chi connectivity index (χ1n) is 3.59. The third-order valence-electron chi connectivity index (χ3n) is 2.43. The quantitative estimate of drug-likeness (QED) is 0.486. The van der Waals surface area contributed by atoms with Crippen LogP contribution in [0.2, 0.25) is 0 Å². The van der Waals surface area contributed by atoms with E-state index in [9.17, 15) is 0 Å². The fourth-order valence-corrected chi connectivity index (χ4v) is 0.698. The normalized spacial score (nSPS) is 20.7. The molecule has 0 aromatic carbocycles. The van der Waals surface area contributed by atoms with Crippen LogP contribution < -0.4 is 11.5 Å². The van der Waals surface area contributed by atoms with Gasteiger partial charge in [0.25, 0.3) is 0 Å². The number of hydrogen-bond donors (Lipinski definition) is 3. The van der Waals surface area contributed by atoms with E-state index in [1.165, 1.54) is 0 Å². The standard InChI is InChI=1S/C7H18N2O/c1-5(2)7(3,4-8)6(9)10/h5-6,10H,4,8-9H2,1-3H3. The number of aliphatic hydroxyl groups excluding tert-OH is 1. The van der Waals surface area contributed by atoms with E-state index in [0.717, 1.165) is 0 Å². The first kappa shape index (κ1) is 9.88. The highest BCUT2D eigenvalue weighted by Gasteiger charge is 2.32. The van der Waals surface area contributed by atoms with Crippen molar-refractivity contribution in [2.24, 2.45) is 22.8 Å². The molecule has 0 heterocycles. The molecule has 0 fully saturated rings. The molecule has 0 aliphatic heterocycles. The lowest BCUT2D eigenvalue weighted by molar-refractivity contribution is 0.0148. The van der Waals surface area contributed by atoms with Crippen LogP contribution in [0.5, 0.6) is 0 Å². The van der Waals surface area contributed by atoms with Crippen molar-refractivity contribution in [2.75, 3.05) is 6.54 Å². The lowest BCUT2D eigenvalue weighted by atomic mass is 9.78. The average Bonchev–Trinajstić information content (AvgIpc) is 1.85. The predicted molar refractivity (Wildman–Crippen MR) is 42.2 cm³/mol. The van der Waals surface area contributed by atoms with E-state index in [4.69, 9.17) is 16.6 Å². The summed E-state index contributed by atoms with van der Waals surface area (Å²) in [6.07, 6.45) is -0.822. The lowest BCUT2D eigenvalue weighted by Gasteiger charge is -2.34. The van der Waals surface area contributed by atoms with Crippen LogP contribution in [-0.4, -0.2) is 17.9 Å². The monoisotopic (exact) mass is 146 g/mol. The Hall–Kier alpha value is -0.120. The highest BCUT2D eigenvalue weighted by Crippen LogP contribution is 2.27. The molecule has 62 valence electrons. The van der Waals surface area contributed by atoms with Gasteiger partial charge in [0.15, 0.2) is 0 Å². The van der Waals surface area contributed by atoms with Gasteiger partial charge < -0.3 is 16.6 Å².